The summed E-state index contributed by atoms with van der Waals surface area (Å²) in [7, 11) is -3.93. The molecule has 0 radical (unpaired) electrons. The number of sulfonamides is 1. The second kappa shape index (κ2) is 5.32. The average molecular weight is 321 g/mol. The molecule has 0 saturated heterocycles. The molecule has 8 heteroatoms. The van der Waals surface area contributed by atoms with Crippen LogP contribution >= 0.6 is 23.2 Å². The van der Waals surface area contributed by atoms with Crippen LogP contribution in [0.1, 0.15) is 0 Å². The first-order chi connectivity index (χ1) is 8.88. The molecular formula is C11H7Cl2FN2O2S. The molecule has 2 aromatic rings. The van der Waals surface area contributed by atoms with Crippen LogP contribution in [0.15, 0.2) is 41.4 Å². The molecule has 1 heterocycles. The van der Waals surface area contributed by atoms with Crippen molar-refractivity contribution in [1.29, 1.82) is 0 Å². The summed E-state index contributed by atoms with van der Waals surface area (Å²) < 4.78 is 39.2. The minimum Gasteiger partial charge on any atom is -0.263 e. The second-order valence-corrected chi connectivity index (χ2v) is 6.04. The van der Waals surface area contributed by atoms with Crippen LogP contribution in [0.25, 0.3) is 0 Å². The van der Waals surface area contributed by atoms with Crippen LogP contribution in [-0.4, -0.2) is 13.4 Å². The molecule has 1 aromatic heterocycles. The molecular weight excluding hydrogens is 314 g/mol. The number of hydrogen-bond acceptors (Lipinski definition) is 3. The fourth-order valence-electron chi connectivity index (χ4n) is 1.32. The predicted octanol–water partition coefficient (Wildman–Crippen LogP) is 3.33. The maximum atomic E-state index is 12.9. The number of pyridine rings is 1. The van der Waals surface area contributed by atoms with E-state index in [1.165, 1.54) is 18.3 Å². The Morgan fingerprint density at radius 1 is 1.16 bits per heavy atom. The minimum absolute atomic E-state index is 0.0878. The van der Waals surface area contributed by atoms with Gasteiger partial charge in [-0.1, -0.05) is 23.2 Å². The molecule has 1 aromatic carbocycles. The van der Waals surface area contributed by atoms with E-state index < -0.39 is 15.8 Å². The number of rotatable bonds is 3. The number of anilines is 1. The number of nitrogens with zero attached hydrogens (tertiary/aromatic N) is 1. The van der Waals surface area contributed by atoms with E-state index >= 15 is 0 Å². The smallest absolute Gasteiger partial charge is 0.263 e. The molecule has 0 spiro atoms. The van der Waals surface area contributed by atoms with E-state index in [1.54, 1.807) is 0 Å². The third-order valence-electron chi connectivity index (χ3n) is 2.15. The Kier molecular flexibility index (Phi) is 3.93. The topological polar surface area (TPSA) is 59.1 Å². The van der Waals surface area contributed by atoms with Gasteiger partial charge in [-0.15, -0.1) is 0 Å². The number of aromatic nitrogens is 1. The third-order valence-corrected chi connectivity index (χ3v) is 4.21. The zero-order valence-electron chi connectivity index (χ0n) is 9.27. The Morgan fingerprint density at radius 3 is 2.47 bits per heavy atom. The first kappa shape index (κ1) is 14.0. The summed E-state index contributed by atoms with van der Waals surface area (Å²) in [4.78, 5) is 3.57. The van der Waals surface area contributed by atoms with Crippen LogP contribution in [0.3, 0.4) is 0 Å². The number of benzene rings is 1. The highest BCUT2D eigenvalue weighted by atomic mass is 35.5. The highest BCUT2D eigenvalue weighted by Gasteiger charge is 2.18. The van der Waals surface area contributed by atoms with Crippen LogP contribution in [0.4, 0.5) is 10.2 Å². The third kappa shape index (κ3) is 3.34. The van der Waals surface area contributed by atoms with Crippen molar-refractivity contribution < 1.29 is 12.8 Å². The van der Waals surface area contributed by atoms with Crippen LogP contribution in [0, 0.1) is 5.82 Å². The summed E-state index contributed by atoms with van der Waals surface area (Å²) >= 11 is 11.3. The van der Waals surface area contributed by atoms with Crippen LogP contribution in [0.5, 0.6) is 0 Å². The van der Waals surface area contributed by atoms with E-state index in [0.717, 1.165) is 18.2 Å². The fourth-order valence-corrected chi connectivity index (χ4v) is 2.97. The summed E-state index contributed by atoms with van der Waals surface area (Å²) in [6.07, 6.45) is 1.30. The van der Waals surface area contributed by atoms with Gasteiger partial charge in [0.25, 0.3) is 10.0 Å². The summed E-state index contributed by atoms with van der Waals surface area (Å²) in [5.41, 5.74) is 0. The van der Waals surface area contributed by atoms with Gasteiger partial charge in [-0.3, -0.25) is 4.72 Å². The molecule has 19 heavy (non-hydrogen) atoms. The number of hydrogen-bond donors (Lipinski definition) is 1. The molecule has 0 aliphatic heterocycles. The molecule has 0 unspecified atom stereocenters. The maximum absolute atomic E-state index is 12.9. The predicted molar refractivity (Wildman–Crippen MR) is 71.5 cm³/mol. The fraction of sp³-hybridized carbons (Fsp3) is 0. The minimum atomic E-state index is -3.93. The van der Waals surface area contributed by atoms with Gasteiger partial charge < -0.3 is 0 Å². The lowest BCUT2D eigenvalue weighted by Gasteiger charge is -2.08. The normalized spacial score (nSPS) is 11.3. The van der Waals surface area contributed by atoms with Gasteiger partial charge in [-0.25, -0.2) is 17.8 Å². The molecule has 0 bridgehead atoms. The molecule has 1 N–H and O–H groups in total. The van der Waals surface area contributed by atoms with Crippen molar-refractivity contribution in [1.82, 2.24) is 4.98 Å². The average Bonchev–Trinajstić information content (AvgIpc) is 2.31. The first-order valence-electron chi connectivity index (χ1n) is 4.98. The molecule has 0 saturated carbocycles. The van der Waals surface area contributed by atoms with Crippen molar-refractivity contribution >= 4 is 39.0 Å². The molecule has 4 nitrogen and oxygen atoms in total. The molecule has 0 atom stereocenters. The van der Waals surface area contributed by atoms with Crippen molar-refractivity contribution in [2.45, 2.75) is 4.90 Å². The van der Waals surface area contributed by atoms with Gasteiger partial charge in [0.2, 0.25) is 0 Å². The molecule has 0 aliphatic carbocycles. The van der Waals surface area contributed by atoms with Crippen molar-refractivity contribution in [2.75, 3.05) is 4.72 Å². The van der Waals surface area contributed by atoms with Crippen molar-refractivity contribution in [3.05, 3.63) is 52.4 Å². The summed E-state index contributed by atoms with van der Waals surface area (Å²) in [5.74, 6) is -0.529. The molecule has 0 fully saturated rings. The molecule has 0 amide bonds. The van der Waals surface area contributed by atoms with Gasteiger partial charge >= 0.3 is 0 Å². The SMILES string of the molecule is O=S(=O)(Nc1ccc(Cl)cn1)c1ccc(F)cc1Cl. The van der Waals surface area contributed by atoms with Gasteiger partial charge in [0, 0.05) is 6.20 Å². The zero-order valence-corrected chi connectivity index (χ0v) is 11.6. The molecule has 0 aliphatic rings. The van der Waals surface area contributed by atoms with E-state index in [9.17, 15) is 12.8 Å². The first-order valence-corrected chi connectivity index (χ1v) is 7.22. The van der Waals surface area contributed by atoms with Gasteiger partial charge in [-0.2, -0.15) is 0 Å². The lowest BCUT2D eigenvalue weighted by atomic mass is 10.3. The Bertz CT molecular complexity index is 705. The highest BCUT2D eigenvalue weighted by Crippen LogP contribution is 2.24. The van der Waals surface area contributed by atoms with Crippen LogP contribution in [-0.2, 0) is 10.0 Å². The molecule has 100 valence electrons. The van der Waals surface area contributed by atoms with Gasteiger partial charge in [0.15, 0.2) is 0 Å². The Morgan fingerprint density at radius 2 is 1.89 bits per heavy atom. The van der Waals surface area contributed by atoms with Crippen molar-refractivity contribution in [3.8, 4) is 0 Å². The van der Waals surface area contributed by atoms with Gasteiger partial charge in [-0.05, 0) is 30.3 Å². The zero-order chi connectivity index (χ0) is 14.0. The van der Waals surface area contributed by atoms with Gasteiger partial charge in [0.1, 0.15) is 16.5 Å². The highest BCUT2D eigenvalue weighted by molar-refractivity contribution is 7.92. The quantitative estimate of drug-likeness (QED) is 0.943. The van der Waals surface area contributed by atoms with E-state index in [-0.39, 0.29) is 15.7 Å². The Balaban J connectivity index is 2.35. The van der Waals surface area contributed by atoms with Crippen molar-refractivity contribution in [3.63, 3.8) is 0 Å². The monoisotopic (exact) mass is 320 g/mol. The summed E-state index contributed by atoms with van der Waals surface area (Å²) in [5, 5.41) is 0.171. The van der Waals surface area contributed by atoms with E-state index in [2.05, 4.69) is 9.71 Å². The second-order valence-electron chi connectivity index (χ2n) is 3.54. The Hall–Kier alpha value is -1.37. The number of halogens is 3. The standard InChI is InChI=1S/C11H7Cl2FN2O2S/c12-7-1-4-11(15-6-7)16-19(17,18)10-3-2-8(14)5-9(10)13/h1-6H,(H,15,16). The lowest BCUT2D eigenvalue weighted by Crippen LogP contribution is -2.14. The molecule has 2 rings (SSSR count). The van der Waals surface area contributed by atoms with Gasteiger partial charge in [0.05, 0.1) is 10.0 Å². The van der Waals surface area contributed by atoms with Crippen LogP contribution < -0.4 is 4.72 Å². The van der Waals surface area contributed by atoms with E-state index in [4.69, 9.17) is 23.2 Å². The van der Waals surface area contributed by atoms with E-state index in [1.807, 2.05) is 0 Å². The Labute approximate surface area is 119 Å². The van der Waals surface area contributed by atoms with Crippen LogP contribution in [0.2, 0.25) is 10.0 Å². The maximum Gasteiger partial charge on any atom is 0.264 e. The number of nitrogens with one attached hydrogen (secondary N) is 1. The van der Waals surface area contributed by atoms with Crippen molar-refractivity contribution in [2.24, 2.45) is 0 Å². The van der Waals surface area contributed by atoms with E-state index in [0.29, 0.717) is 5.02 Å². The largest absolute Gasteiger partial charge is 0.264 e. The summed E-state index contributed by atoms with van der Waals surface area (Å²) in [6, 6.07) is 5.90. The summed E-state index contributed by atoms with van der Waals surface area (Å²) in [6.45, 7) is 0. The lowest BCUT2D eigenvalue weighted by molar-refractivity contribution is 0.599.